The van der Waals surface area contributed by atoms with Crippen molar-refractivity contribution in [1.82, 2.24) is 0 Å². The molecule has 2 saturated heterocycles. The highest BCUT2D eigenvalue weighted by atomic mass is 16.7. The number of rotatable bonds is 6. The van der Waals surface area contributed by atoms with Gasteiger partial charge in [0.15, 0.2) is 5.79 Å². The van der Waals surface area contributed by atoms with Crippen LogP contribution in [-0.2, 0) is 20.8 Å². The van der Waals surface area contributed by atoms with Crippen molar-refractivity contribution < 1.29 is 24.4 Å². The number of hydrogen-bond donors (Lipinski definition) is 2. The Labute approximate surface area is 155 Å². The molecule has 26 heavy (non-hydrogen) atoms. The predicted octanol–water partition coefficient (Wildman–Crippen LogP) is 2.95. The smallest absolute Gasteiger partial charge is 0.174 e. The number of ether oxygens (including phenoxy) is 3. The molecule has 2 N–H and O–H groups in total. The summed E-state index contributed by atoms with van der Waals surface area (Å²) in [6.07, 6.45) is 3.18. The van der Waals surface area contributed by atoms with Gasteiger partial charge in [0.05, 0.1) is 30.5 Å². The van der Waals surface area contributed by atoms with Crippen LogP contribution in [0.15, 0.2) is 43.0 Å². The van der Waals surface area contributed by atoms with E-state index in [1.165, 1.54) is 0 Å². The Kier molecular flexibility index (Phi) is 6.15. The third kappa shape index (κ3) is 5.15. The largest absolute Gasteiger partial charge is 0.393 e. The standard InChI is InChI=1S/C21H30O5/c1-3-18-13-20(2,23)15-21(25-18)12-17(22)11-19(26-21)9-10-24-14-16-7-5-4-6-8-16/h3-8,17-19,22-23H,1,9-15H2,2H3/t17-,18-,19-,20-,21-/m0/s1. The second-order valence-electron chi connectivity index (χ2n) is 7.84. The minimum absolute atomic E-state index is 0.158. The van der Waals surface area contributed by atoms with E-state index in [1.54, 1.807) is 13.0 Å². The molecule has 0 bridgehead atoms. The van der Waals surface area contributed by atoms with E-state index in [2.05, 4.69) is 6.58 Å². The molecule has 2 fully saturated rings. The summed E-state index contributed by atoms with van der Waals surface area (Å²) in [4.78, 5) is 0. The van der Waals surface area contributed by atoms with Crippen molar-refractivity contribution in [1.29, 1.82) is 0 Å². The minimum Gasteiger partial charge on any atom is -0.393 e. The van der Waals surface area contributed by atoms with E-state index in [9.17, 15) is 10.2 Å². The van der Waals surface area contributed by atoms with Crippen molar-refractivity contribution in [3.63, 3.8) is 0 Å². The lowest BCUT2D eigenvalue weighted by molar-refractivity contribution is -0.344. The highest BCUT2D eigenvalue weighted by Crippen LogP contribution is 2.43. The van der Waals surface area contributed by atoms with Gasteiger partial charge in [-0.25, -0.2) is 0 Å². The third-order valence-electron chi connectivity index (χ3n) is 5.08. The van der Waals surface area contributed by atoms with E-state index in [-0.39, 0.29) is 12.2 Å². The van der Waals surface area contributed by atoms with Crippen LogP contribution in [0.5, 0.6) is 0 Å². The van der Waals surface area contributed by atoms with Crippen LogP contribution in [0.1, 0.15) is 44.6 Å². The van der Waals surface area contributed by atoms with Crippen LogP contribution in [0.3, 0.4) is 0 Å². The maximum atomic E-state index is 10.6. The molecule has 0 radical (unpaired) electrons. The molecule has 0 aromatic heterocycles. The van der Waals surface area contributed by atoms with Gasteiger partial charge >= 0.3 is 0 Å². The number of aliphatic hydroxyl groups is 2. The zero-order valence-electron chi connectivity index (χ0n) is 15.5. The van der Waals surface area contributed by atoms with Crippen molar-refractivity contribution in [3.8, 4) is 0 Å². The molecule has 0 amide bonds. The lowest BCUT2D eigenvalue weighted by atomic mass is 9.82. The molecule has 5 heteroatoms. The second kappa shape index (κ2) is 8.19. The Bertz CT molecular complexity index is 587. The van der Waals surface area contributed by atoms with Crippen molar-refractivity contribution in [2.45, 2.75) is 75.3 Å². The van der Waals surface area contributed by atoms with Gasteiger partial charge in [-0.15, -0.1) is 6.58 Å². The fraction of sp³-hybridized carbons (Fsp3) is 0.619. The van der Waals surface area contributed by atoms with Crippen molar-refractivity contribution in [3.05, 3.63) is 48.6 Å². The molecule has 2 aliphatic heterocycles. The van der Waals surface area contributed by atoms with Crippen molar-refractivity contribution in [2.24, 2.45) is 0 Å². The highest BCUT2D eigenvalue weighted by Gasteiger charge is 2.51. The van der Waals surface area contributed by atoms with Crippen LogP contribution in [0.4, 0.5) is 0 Å². The lowest BCUT2D eigenvalue weighted by Crippen LogP contribution is -2.57. The third-order valence-corrected chi connectivity index (χ3v) is 5.08. The average molecular weight is 362 g/mol. The summed E-state index contributed by atoms with van der Waals surface area (Å²) >= 11 is 0. The summed E-state index contributed by atoms with van der Waals surface area (Å²) in [6, 6.07) is 10.0. The van der Waals surface area contributed by atoms with Crippen LogP contribution < -0.4 is 0 Å². The summed E-state index contributed by atoms with van der Waals surface area (Å²) in [5.74, 6) is -0.956. The maximum Gasteiger partial charge on any atom is 0.174 e. The monoisotopic (exact) mass is 362 g/mol. The number of hydrogen-bond acceptors (Lipinski definition) is 5. The van der Waals surface area contributed by atoms with Gasteiger partial charge in [-0.3, -0.25) is 0 Å². The summed E-state index contributed by atoms with van der Waals surface area (Å²) in [5.41, 5.74) is 0.233. The van der Waals surface area contributed by atoms with Gasteiger partial charge < -0.3 is 24.4 Å². The molecule has 144 valence electrons. The molecule has 1 aromatic rings. The first-order valence-corrected chi connectivity index (χ1v) is 9.40. The Morgan fingerprint density at radius 2 is 2.04 bits per heavy atom. The van der Waals surface area contributed by atoms with Gasteiger partial charge in [0.25, 0.3) is 0 Å². The fourth-order valence-electron chi connectivity index (χ4n) is 4.07. The summed E-state index contributed by atoms with van der Waals surface area (Å²) < 4.78 is 18.1. The maximum absolute atomic E-state index is 10.6. The molecule has 2 aliphatic rings. The topological polar surface area (TPSA) is 68.2 Å². The lowest BCUT2D eigenvalue weighted by Gasteiger charge is -2.51. The summed E-state index contributed by atoms with van der Waals surface area (Å²) in [7, 11) is 0. The van der Waals surface area contributed by atoms with Crippen LogP contribution >= 0.6 is 0 Å². The van der Waals surface area contributed by atoms with Crippen LogP contribution in [0, 0.1) is 0 Å². The Balaban J connectivity index is 1.55. The van der Waals surface area contributed by atoms with Gasteiger partial charge in [-0.1, -0.05) is 36.4 Å². The van der Waals surface area contributed by atoms with E-state index >= 15 is 0 Å². The first-order chi connectivity index (χ1) is 12.4. The summed E-state index contributed by atoms with van der Waals surface area (Å²) in [5, 5.41) is 20.9. The predicted molar refractivity (Wildman–Crippen MR) is 98.5 cm³/mol. The van der Waals surface area contributed by atoms with E-state index < -0.39 is 17.5 Å². The van der Waals surface area contributed by atoms with E-state index in [1.807, 2.05) is 30.3 Å². The average Bonchev–Trinajstić information content (AvgIpc) is 2.57. The quantitative estimate of drug-likeness (QED) is 0.602. The number of aliphatic hydroxyl groups excluding tert-OH is 1. The molecule has 1 aromatic carbocycles. The zero-order chi connectivity index (χ0) is 18.6. The Morgan fingerprint density at radius 3 is 2.77 bits per heavy atom. The van der Waals surface area contributed by atoms with Crippen LogP contribution in [-0.4, -0.2) is 46.5 Å². The molecule has 5 atom stereocenters. The molecular formula is C21H30O5. The van der Waals surface area contributed by atoms with Crippen molar-refractivity contribution in [2.75, 3.05) is 6.61 Å². The Morgan fingerprint density at radius 1 is 1.27 bits per heavy atom. The normalized spacial score (nSPS) is 37.6. The van der Waals surface area contributed by atoms with Gasteiger partial charge in [-0.05, 0) is 25.3 Å². The highest BCUT2D eigenvalue weighted by molar-refractivity contribution is 5.13. The van der Waals surface area contributed by atoms with E-state index in [4.69, 9.17) is 14.2 Å². The number of benzene rings is 1. The molecule has 3 rings (SSSR count). The molecule has 0 saturated carbocycles. The van der Waals surface area contributed by atoms with Gasteiger partial charge in [0.1, 0.15) is 0 Å². The molecule has 0 unspecified atom stereocenters. The zero-order valence-corrected chi connectivity index (χ0v) is 15.5. The minimum atomic E-state index is -0.956. The fourth-order valence-corrected chi connectivity index (χ4v) is 4.07. The second-order valence-corrected chi connectivity index (χ2v) is 7.84. The molecule has 5 nitrogen and oxygen atoms in total. The molecular weight excluding hydrogens is 332 g/mol. The van der Waals surface area contributed by atoms with E-state index in [0.29, 0.717) is 45.3 Å². The first kappa shape index (κ1) is 19.5. The molecule has 2 heterocycles. The SMILES string of the molecule is C=C[C@H]1C[C@](C)(O)C[C@@]2(C[C@@H](O)C[C@H](CCOCc3ccccc3)O2)O1. The van der Waals surface area contributed by atoms with Crippen LogP contribution in [0.2, 0.25) is 0 Å². The summed E-state index contributed by atoms with van der Waals surface area (Å²) in [6.45, 7) is 6.67. The van der Waals surface area contributed by atoms with Gasteiger partial charge in [0.2, 0.25) is 0 Å². The van der Waals surface area contributed by atoms with Crippen LogP contribution in [0.25, 0.3) is 0 Å². The molecule has 0 aliphatic carbocycles. The molecule has 1 spiro atoms. The van der Waals surface area contributed by atoms with Crippen molar-refractivity contribution >= 4 is 0 Å². The Hall–Kier alpha value is -1.24. The van der Waals surface area contributed by atoms with E-state index in [0.717, 1.165) is 5.56 Å². The first-order valence-electron chi connectivity index (χ1n) is 9.40. The van der Waals surface area contributed by atoms with Gasteiger partial charge in [0, 0.05) is 25.9 Å². The van der Waals surface area contributed by atoms with Gasteiger partial charge in [-0.2, -0.15) is 0 Å².